The van der Waals surface area contributed by atoms with Gasteiger partial charge in [0.25, 0.3) is 0 Å². The quantitative estimate of drug-likeness (QED) is 0.891. The van der Waals surface area contributed by atoms with Crippen molar-refractivity contribution in [1.82, 2.24) is 4.90 Å². The zero-order valence-corrected chi connectivity index (χ0v) is 11.3. The van der Waals surface area contributed by atoms with Crippen LogP contribution in [0.4, 0.5) is 4.39 Å². The molecular weight excluding hydrogens is 249 g/mol. The second kappa shape index (κ2) is 5.82. The van der Waals surface area contributed by atoms with Gasteiger partial charge in [0, 0.05) is 13.5 Å². The van der Waals surface area contributed by atoms with Gasteiger partial charge in [-0.3, -0.25) is 4.79 Å². The van der Waals surface area contributed by atoms with Crippen LogP contribution in [0.5, 0.6) is 0 Å². The number of carbonyl (C=O) groups is 2. The highest BCUT2D eigenvalue weighted by Crippen LogP contribution is 2.33. The average Bonchev–Trinajstić information content (AvgIpc) is 2.36. The molecule has 0 aromatic heterocycles. The Hall–Kier alpha value is -1.91. The maximum Gasteiger partial charge on any atom is 0.334 e. The summed E-state index contributed by atoms with van der Waals surface area (Å²) in [6.07, 6.45) is 0.210. The Labute approximate surface area is 111 Å². The van der Waals surface area contributed by atoms with Gasteiger partial charge in [0.2, 0.25) is 5.91 Å². The molecular formula is C14H18FNO3. The van der Waals surface area contributed by atoms with E-state index in [2.05, 4.69) is 0 Å². The Morgan fingerprint density at radius 2 is 1.79 bits per heavy atom. The SMILES string of the molecule is CCN(C(C)=O)C(CC)(C(=O)O)c1ccc(F)cc1. The number of hydrogen-bond acceptors (Lipinski definition) is 2. The molecule has 19 heavy (non-hydrogen) atoms. The van der Waals surface area contributed by atoms with E-state index in [0.717, 1.165) is 0 Å². The minimum Gasteiger partial charge on any atom is -0.479 e. The van der Waals surface area contributed by atoms with E-state index in [1.165, 1.54) is 36.1 Å². The van der Waals surface area contributed by atoms with Crippen molar-refractivity contribution in [3.05, 3.63) is 35.6 Å². The van der Waals surface area contributed by atoms with E-state index in [0.29, 0.717) is 5.56 Å². The molecule has 5 heteroatoms. The molecule has 0 saturated heterocycles. The number of nitrogens with zero attached hydrogens (tertiary/aromatic N) is 1. The van der Waals surface area contributed by atoms with Gasteiger partial charge in [0.05, 0.1) is 0 Å². The first kappa shape index (κ1) is 15.1. The molecule has 1 amide bonds. The van der Waals surface area contributed by atoms with Crippen LogP contribution in [0, 0.1) is 5.82 Å². The largest absolute Gasteiger partial charge is 0.479 e. The Bertz CT molecular complexity index is 472. The maximum absolute atomic E-state index is 13.0. The van der Waals surface area contributed by atoms with Gasteiger partial charge in [-0.2, -0.15) is 0 Å². The zero-order valence-electron chi connectivity index (χ0n) is 11.3. The molecule has 104 valence electrons. The molecule has 1 aromatic carbocycles. The van der Waals surface area contributed by atoms with E-state index in [1.54, 1.807) is 13.8 Å². The average molecular weight is 267 g/mol. The summed E-state index contributed by atoms with van der Waals surface area (Å²) in [5, 5.41) is 9.61. The highest BCUT2D eigenvalue weighted by Gasteiger charge is 2.45. The molecule has 0 fully saturated rings. The van der Waals surface area contributed by atoms with Crippen molar-refractivity contribution in [3.8, 4) is 0 Å². The Morgan fingerprint density at radius 3 is 2.11 bits per heavy atom. The van der Waals surface area contributed by atoms with Crippen LogP contribution in [0.25, 0.3) is 0 Å². The Balaban J connectivity index is 3.46. The van der Waals surface area contributed by atoms with Gasteiger partial charge in [-0.1, -0.05) is 19.1 Å². The summed E-state index contributed by atoms with van der Waals surface area (Å²) in [7, 11) is 0. The van der Waals surface area contributed by atoms with Crippen molar-refractivity contribution in [2.75, 3.05) is 6.54 Å². The number of halogens is 1. The van der Waals surface area contributed by atoms with E-state index in [1.807, 2.05) is 0 Å². The van der Waals surface area contributed by atoms with Crippen LogP contribution < -0.4 is 0 Å². The van der Waals surface area contributed by atoms with Crippen LogP contribution in [0.2, 0.25) is 0 Å². The number of hydrogen-bond donors (Lipinski definition) is 1. The number of amides is 1. The third-order valence-electron chi connectivity index (χ3n) is 3.34. The van der Waals surface area contributed by atoms with Gasteiger partial charge < -0.3 is 10.0 Å². The van der Waals surface area contributed by atoms with Gasteiger partial charge in [0.15, 0.2) is 5.54 Å². The lowest BCUT2D eigenvalue weighted by molar-refractivity contribution is -0.159. The van der Waals surface area contributed by atoms with Crippen LogP contribution in [-0.4, -0.2) is 28.4 Å². The van der Waals surface area contributed by atoms with E-state index in [4.69, 9.17) is 0 Å². The zero-order chi connectivity index (χ0) is 14.6. The lowest BCUT2D eigenvalue weighted by Gasteiger charge is -2.39. The first-order chi connectivity index (χ1) is 8.90. The number of benzene rings is 1. The summed E-state index contributed by atoms with van der Waals surface area (Å²) in [6.45, 7) is 5.02. The van der Waals surface area contributed by atoms with Gasteiger partial charge in [-0.25, -0.2) is 9.18 Å². The molecule has 1 aromatic rings. The van der Waals surface area contributed by atoms with Crippen LogP contribution in [0.15, 0.2) is 24.3 Å². The predicted octanol–water partition coefficient (Wildman–Crippen LogP) is 2.38. The molecule has 1 rings (SSSR count). The van der Waals surface area contributed by atoms with Crippen molar-refractivity contribution >= 4 is 11.9 Å². The second-order valence-electron chi connectivity index (χ2n) is 4.29. The van der Waals surface area contributed by atoms with E-state index >= 15 is 0 Å². The fourth-order valence-corrected chi connectivity index (χ4v) is 2.43. The van der Waals surface area contributed by atoms with Crippen LogP contribution in [-0.2, 0) is 15.1 Å². The van der Waals surface area contributed by atoms with Gasteiger partial charge in [-0.15, -0.1) is 0 Å². The van der Waals surface area contributed by atoms with E-state index in [-0.39, 0.29) is 18.9 Å². The number of carboxylic acid groups (broad SMARTS) is 1. The third-order valence-corrected chi connectivity index (χ3v) is 3.34. The van der Waals surface area contributed by atoms with Gasteiger partial charge in [-0.05, 0) is 31.0 Å². The minimum atomic E-state index is -1.45. The predicted molar refractivity (Wildman–Crippen MR) is 69.1 cm³/mol. The lowest BCUT2D eigenvalue weighted by atomic mass is 9.85. The van der Waals surface area contributed by atoms with Crippen molar-refractivity contribution in [2.45, 2.75) is 32.7 Å². The molecule has 0 spiro atoms. The van der Waals surface area contributed by atoms with Crippen LogP contribution in [0.1, 0.15) is 32.8 Å². The fourth-order valence-electron chi connectivity index (χ4n) is 2.43. The van der Waals surface area contributed by atoms with Gasteiger partial charge in [0.1, 0.15) is 5.82 Å². The molecule has 0 aliphatic heterocycles. The molecule has 0 radical (unpaired) electrons. The molecule has 1 unspecified atom stereocenters. The summed E-state index contributed by atoms with van der Waals surface area (Å²) < 4.78 is 13.0. The number of rotatable bonds is 5. The first-order valence-corrected chi connectivity index (χ1v) is 6.17. The summed E-state index contributed by atoms with van der Waals surface area (Å²) in [5.41, 5.74) is -1.05. The van der Waals surface area contributed by atoms with Crippen molar-refractivity contribution in [2.24, 2.45) is 0 Å². The van der Waals surface area contributed by atoms with E-state index in [9.17, 15) is 19.1 Å². The minimum absolute atomic E-state index is 0.210. The van der Waals surface area contributed by atoms with Crippen molar-refractivity contribution < 1.29 is 19.1 Å². The highest BCUT2D eigenvalue weighted by atomic mass is 19.1. The highest BCUT2D eigenvalue weighted by molar-refractivity contribution is 5.87. The van der Waals surface area contributed by atoms with Gasteiger partial charge >= 0.3 is 5.97 Å². The summed E-state index contributed by atoms with van der Waals surface area (Å²) in [4.78, 5) is 24.8. The molecule has 0 saturated carbocycles. The Morgan fingerprint density at radius 1 is 1.26 bits per heavy atom. The summed E-state index contributed by atoms with van der Waals surface area (Å²) in [6, 6.07) is 5.24. The number of carboxylic acids is 1. The van der Waals surface area contributed by atoms with E-state index < -0.39 is 17.3 Å². The third kappa shape index (κ3) is 2.59. The monoisotopic (exact) mass is 267 g/mol. The lowest BCUT2D eigenvalue weighted by Crippen LogP contribution is -2.53. The number of carbonyl (C=O) groups excluding carboxylic acids is 1. The van der Waals surface area contributed by atoms with Crippen LogP contribution in [0.3, 0.4) is 0 Å². The molecule has 0 heterocycles. The number of likely N-dealkylation sites (N-methyl/N-ethyl adjacent to an activating group) is 1. The topological polar surface area (TPSA) is 57.6 Å². The smallest absolute Gasteiger partial charge is 0.334 e. The first-order valence-electron chi connectivity index (χ1n) is 6.17. The molecule has 1 atom stereocenters. The summed E-state index contributed by atoms with van der Waals surface area (Å²) >= 11 is 0. The standard InChI is InChI=1S/C14H18FNO3/c1-4-14(13(18)19,16(5-2)10(3)17)11-6-8-12(15)9-7-11/h6-9H,4-5H2,1-3H3,(H,18,19). The summed E-state index contributed by atoms with van der Waals surface area (Å²) in [5.74, 6) is -1.88. The van der Waals surface area contributed by atoms with Crippen LogP contribution >= 0.6 is 0 Å². The number of aliphatic carboxylic acids is 1. The second-order valence-corrected chi connectivity index (χ2v) is 4.29. The molecule has 0 bridgehead atoms. The molecule has 0 aliphatic rings. The van der Waals surface area contributed by atoms with Crippen molar-refractivity contribution in [3.63, 3.8) is 0 Å². The normalized spacial score (nSPS) is 13.7. The Kier molecular flexibility index (Phi) is 4.64. The van der Waals surface area contributed by atoms with Crippen molar-refractivity contribution in [1.29, 1.82) is 0 Å². The fraction of sp³-hybridized carbons (Fsp3) is 0.429. The molecule has 0 aliphatic carbocycles. The molecule has 1 N–H and O–H groups in total. The maximum atomic E-state index is 13.0. The molecule has 4 nitrogen and oxygen atoms in total.